The molecule has 0 radical (unpaired) electrons. The predicted molar refractivity (Wildman–Crippen MR) is 91.8 cm³/mol. The standard InChI is InChI=1S/C18H18N3OP/c19-13-7-15-21(16-8-14-20)23(22,17-9-3-1-4-10-17)18-11-5-2-6-12-18/h1-6,9-12H,7-8,15-16H2. The van der Waals surface area contributed by atoms with Crippen LogP contribution in [0.25, 0.3) is 0 Å². The number of rotatable bonds is 7. The van der Waals surface area contributed by atoms with Crippen molar-refractivity contribution in [2.75, 3.05) is 13.1 Å². The third-order valence-electron chi connectivity index (χ3n) is 3.57. The van der Waals surface area contributed by atoms with Gasteiger partial charge >= 0.3 is 0 Å². The third kappa shape index (κ3) is 3.88. The molecule has 0 aliphatic rings. The lowest BCUT2D eigenvalue weighted by Gasteiger charge is -2.31. The minimum absolute atomic E-state index is 0.273. The molecule has 2 aromatic carbocycles. The zero-order valence-corrected chi connectivity index (χ0v) is 13.7. The fourth-order valence-corrected chi connectivity index (χ4v) is 5.35. The van der Waals surface area contributed by atoms with E-state index < -0.39 is 7.29 Å². The Labute approximate surface area is 137 Å². The molecule has 5 heteroatoms. The van der Waals surface area contributed by atoms with Gasteiger partial charge in [-0.15, -0.1) is 0 Å². The van der Waals surface area contributed by atoms with Crippen LogP contribution < -0.4 is 10.6 Å². The minimum atomic E-state index is -3.06. The van der Waals surface area contributed by atoms with Gasteiger partial charge in [0.25, 0.3) is 0 Å². The van der Waals surface area contributed by atoms with Crippen LogP contribution in [0, 0.1) is 22.7 Å². The Bertz CT molecular complexity index is 686. The van der Waals surface area contributed by atoms with Crippen LogP contribution in [0.5, 0.6) is 0 Å². The molecule has 0 N–H and O–H groups in total. The predicted octanol–water partition coefficient (Wildman–Crippen LogP) is 3.04. The highest BCUT2D eigenvalue weighted by atomic mass is 31.2. The Morgan fingerprint density at radius 3 is 1.52 bits per heavy atom. The van der Waals surface area contributed by atoms with Crippen molar-refractivity contribution in [1.82, 2.24) is 4.67 Å². The number of benzene rings is 2. The monoisotopic (exact) mass is 323 g/mol. The van der Waals surface area contributed by atoms with Gasteiger partial charge in [-0.05, 0) is 24.3 Å². The van der Waals surface area contributed by atoms with Crippen molar-refractivity contribution < 1.29 is 4.57 Å². The first-order chi connectivity index (χ1) is 11.2. The van der Waals surface area contributed by atoms with E-state index in [2.05, 4.69) is 12.1 Å². The van der Waals surface area contributed by atoms with Crippen molar-refractivity contribution in [2.24, 2.45) is 0 Å². The van der Waals surface area contributed by atoms with E-state index in [1.807, 2.05) is 60.7 Å². The van der Waals surface area contributed by atoms with Gasteiger partial charge in [0.2, 0.25) is 7.29 Å². The number of hydrogen-bond donors (Lipinski definition) is 0. The summed E-state index contributed by atoms with van der Waals surface area (Å²) >= 11 is 0. The number of hydrogen-bond acceptors (Lipinski definition) is 3. The van der Waals surface area contributed by atoms with Gasteiger partial charge in [0, 0.05) is 36.5 Å². The highest BCUT2D eigenvalue weighted by Gasteiger charge is 2.33. The fraction of sp³-hybridized carbons (Fsp3) is 0.222. The fourth-order valence-electron chi connectivity index (χ4n) is 2.49. The van der Waals surface area contributed by atoms with Crippen LogP contribution in [0.4, 0.5) is 0 Å². The van der Waals surface area contributed by atoms with E-state index in [9.17, 15) is 4.57 Å². The van der Waals surface area contributed by atoms with Gasteiger partial charge in [-0.1, -0.05) is 36.4 Å². The molecule has 0 atom stereocenters. The molecule has 2 aromatic rings. The van der Waals surface area contributed by atoms with Gasteiger partial charge in [-0.2, -0.15) is 10.5 Å². The molecule has 0 unspecified atom stereocenters. The van der Waals surface area contributed by atoms with Crippen molar-refractivity contribution in [1.29, 1.82) is 10.5 Å². The van der Waals surface area contributed by atoms with Crippen molar-refractivity contribution in [3.63, 3.8) is 0 Å². The molecule has 0 spiro atoms. The van der Waals surface area contributed by atoms with Gasteiger partial charge in [0.15, 0.2) is 0 Å². The Morgan fingerprint density at radius 2 is 1.17 bits per heavy atom. The summed E-state index contributed by atoms with van der Waals surface area (Å²) in [6, 6.07) is 22.8. The molecule has 0 fully saturated rings. The number of nitriles is 2. The van der Waals surface area contributed by atoms with E-state index in [1.165, 1.54) is 0 Å². The third-order valence-corrected chi connectivity index (χ3v) is 6.77. The summed E-state index contributed by atoms with van der Waals surface area (Å²) in [5.41, 5.74) is 0. The maximum atomic E-state index is 14.0. The second kappa shape index (κ2) is 8.30. The van der Waals surface area contributed by atoms with Gasteiger partial charge < -0.3 is 0 Å². The molecule has 0 aromatic heterocycles. The average molecular weight is 323 g/mol. The Morgan fingerprint density at radius 1 is 0.783 bits per heavy atom. The van der Waals surface area contributed by atoms with Crippen molar-refractivity contribution >= 4 is 17.9 Å². The van der Waals surface area contributed by atoms with Crippen LogP contribution in [-0.4, -0.2) is 17.8 Å². The van der Waals surface area contributed by atoms with Gasteiger partial charge in [0.1, 0.15) is 0 Å². The molecule has 0 saturated carbocycles. The first-order valence-electron chi connectivity index (χ1n) is 7.44. The van der Waals surface area contributed by atoms with Crippen LogP contribution in [0.1, 0.15) is 12.8 Å². The van der Waals surface area contributed by atoms with Crippen LogP contribution in [-0.2, 0) is 4.57 Å². The minimum Gasteiger partial charge on any atom is -0.296 e. The second-order valence-corrected chi connectivity index (χ2v) is 7.77. The smallest absolute Gasteiger partial charge is 0.207 e. The van der Waals surface area contributed by atoms with Crippen molar-refractivity contribution in [2.45, 2.75) is 12.8 Å². The molecule has 0 aliphatic carbocycles. The topological polar surface area (TPSA) is 67.9 Å². The van der Waals surface area contributed by atoms with E-state index >= 15 is 0 Å². The first kappa shape index (κ1) is 17.0. The molecular weight excluding hydrogens is 305 g/mol. The second-order valence-electron chi connectivity index (χ2n) is 5.02. The molecule has 4 nitrogen and oxygen atoms in total. The molecule has 0 heterocycles. The van der Waals surface area contributed by atoms with Crippen molar-refractivity contribution in [3.8, 4) is 12.1 Å². The summed E-state index contributed by atoms with van der Waals surface area (Å²) in [4.78, 5) is 0. The number of nitrogens with zero attached hydrogens (tertiary/aromatic N) is 3. The zero-order valence-electron chi connectivity index (χ0n) is 12.8. The van der Waals surface area contributed by atoms with Crippen LogP contribution in [0.2, 0.25) is 0 Å². The molecule has 2 rings (SSSR count). The molecule has 0 saturated heterocycles. The highest BCUT2D eigenvalue weighted by Crippen LogP contribution is 2.47. The van der Waals surface area contributed by atoms with Gasteiger partial charge in [-0.3, -0.25) is 4.57 Å². The molecule has 0 aliphatic heterocycles. The quantitative estimate of drug-likeness (QED) is 0.735. The van der Waals surface area contributed by atoms with Crippen LogP contribution in [0.3, 0.4) is 0 Å². The summed E-state index contributed by atoms with van der Waals surface area (Å²) in [5.74, 6) is 0. The molecule has 23 heavy (non-hydrogen) atoms. The highest BCUT2D eigenvalue weighted by molar-refractivity contribution is 7.76. The van der Waals surface area contributed by atoms with Crippen LogP contribution >= 0.6 is 7.29 Å². The SMILES string of the molecule is N#CCCN(CCC#N)P(=O)(c1ccccc1)c1ccccc1. The van der Waals surface area contributed by atoms with Gasteiger partial charge in [0.05, 0.1) is 12.1 Å². The van der Waals surface area contributed by atoms with E-state index in [4.69, 9.17) is 10.5 Å². The Balaban J connectivity index is 2.54. The molecular formula is C18H18N3OP. The summed E-state index contributed by atoms with van der Waals surface area (Å²) in [6.45, 7) is 0.749. The lowest BCUT2D eigenvalue weighted by atomic mass is 10.4. The largest absolute Gasteiger partial charge is 0.296 e. The van der Waals surface area contributed by atoms with E-state index in [-0.39, 0.29) is 12.8 Å². The maximum Gasteiger partial charge on any atom is 0.207 e. The molecule has 116 valence electrons. The van der Waals surface area contributed by atoms with E-state index in [0.29, 0.717) is 13.1 Å². The summed E-state index contributed by atoms with van der Waals surface area (Å²) in [7, 11) is -3.06. The lowest BCUT2D eigenvalue weighted by Crippen LogP contribution is -2.33. The normalized spacial score (nSPS) is 10.9. The maximum absolute atomic E-state index is 14.0. The van der Waals surface area contributed by atoms with Gasteiger partial charge in [-0.25, -0.2) is 4.67 Å². The zero-order chi connectivity index (χ0) is 16.5. The molecule has 0 bridgehead atoms. The molecule has 0 amide bonds. The summed E-state index contributed by atoms with van der Waals surface area (Å²) in [6.07, 6.45) is 0.546. The summed E-state index contributed by atoms with van der Waals surface area (Å²) in [5, 5.41) is 19.3. The average Bonchev–Trinajstić information content (AvgIpc) is 2.62. The first-order valence-corrected chi connectivity index (χ1v) is 9.10. The van der Waals surface area contributed by atoms with Crippen LogP contribution in [0.15, 0.2) is 60.7 Å². The van der Waals surface area contributed by atoms with Crippen molar-refractivity contribution in [3.05, 3.63) is 60.7 Å². The van der Waals surface area contributed by atoms with E-state index in [0.717, 1.165) is 10.6 Å². The lowest BCUT2D eigenvalue weighted by molar-refractivity contribution is 0.436. The summed E-state index contributed by atoms with van der Waals surface area (Å²) < 4.78 is 15.8. The van der Waals surface area contributed by atoms with E-state index in [1.54, 1.807) is 4.67 Å². The Kier molecular flexibility index (Phi) is 6.12. The Hall–Kier alpha value is -2.39.